The van der Waals surface area contributed by atoms with E-state index in [0.29, 0.717) is 5.95 Å². The van der Waals surface area contributed by atoms with Crippen LogP contribution in [0.15, 0.2) is 42.5 Å². The van der Waals surface area contributed by atoms with Gasteiger partial charge in [-0.15, -0.1) is 0 Å². The van der Waals surface area contributed by atoms with Gasteiger partial charge >= 0.3 is 0 Å². The molecule has 5 nitrogen and oxygen atoms in total. The molecule has 0 fully saturated rings. The maximum absolute atomic E-state index is 5.45. The first-order valence-electron chi connectivity index (χ1n) is 6.75. The van der Waals surface area contributed by atoms with Crippen molar-refractivity contribution in [3.8, 4) is 0 Å². The topological polar surface area (TPSA) is 75.9 Å². The van der Waals surface area contributed by atoms with Gasteiger partial charge < -0.3 is 5.32 Å². The predicted molar refractivity (Wildman–Crippen MR) is 86.5 cm³/mol. The summed E-state index contributed by atoms with van der Waals surface area (Å²) in [6, 6.07) is 14.1. The number of nitrogen functional groups attached to an aromatic ring is 1. The second-order valence-electron chi connectivity index (χ2n) is 5.00. The van der Waals surface area contributed by atoms with Gasteiger partial charge in [0.05, 0.1) is 5.52 Å². The van der Waals surface area contributed by atoms with E-state index in [4.69, 9.17) is 5.84 Å². The van der Waals surface area contributed by atoms with Crippen LogP contribution >= 0.6 is 0 Å². The number of aryl methyl sites for hydroxylation is 2. The maximum atomic E-state index is 5.45. The average molecular weight is 279 g/mol. The molecule has 4 N–H and O–H groups in total. The zero-order chi connectivity index (χ0) is 14.8. The van der Waals surface area contributed by atoms with Crippen LogP contribution in [0.1, 0.15) is 11.1 Å². The minimum atomic E-state index is 0.390. The van der Waals surface area contributed by atoms with Crippen molar-refractivity contribution in [2.75, 3.05) is 10.7 Å². The van der Waals surface area contributed by atoms with Crippen LogP contribution in [0.4, 0.5) is 17.5 Å². The minimum Gasteiger partial charge on any atom is -0.339 e. The Labute approximate surface area is 123 Å². The summed E-state index contributed by atoms with van der Waals surface area (Å²) < 4.78 is 0. The summed E-state index contributed by atoms with van der Waals surface area (Å²) in [4.78, 5) is 8.78. The lowest BCUT2D eigenvalue weighted by atomic mass is 10.1. The molecule has 3 aromatic rings. The van der Waals surface area contributed by atoms with Crippen LogP contribution in [0, 0.1) is 13.8 Å². The van der Waals surface area contributed by atoms with Gasteiger partial charge in [-0.1, -0.05) is 24.3 Å². The number of nitrogens with two attached hydrogens (primary N) is 1. The van der Waals surface area contributed by atoms with E-state index in [1.54, 1.807) is 0 Å². The number of rotatable bonds is 3. The molecule has 21 heavy (non-hydrogen) atoms. The summed E-state index contributed by atoms with van der Waals surface area (Å²) in [5.41, 5.74) is 6.73. The number of nitrogens with zero attached hydrogens (tertiary/aromatic N) is 2. The van der Waals surface area contributed by atoms with Crippen molar-refractivity contribution >= 4 is 28.4 Å². The van der Waals surface area contributed by atoms with E-state index >= 15 is 0 Å². The number of hydrogen-bond donors (Lipinski definition) is 3. The highest BCUT2D eigenvalue weighted by atomic mass is 15.3. The van der Waals surface area contributed by atoms with Gasteiger partial charge in [-0.25, -0.2) is 10.8 Å². The molecule has 0 saturated carbocycles. The van der Waals surface area contributed by atoms with Gasteiger partial charge in [0, 0.05) is 11.1 Å². The number of anilines is 3. The highest BCUT2D eigenvalue weighted by Crippen LogP contribution is 2.27. The Bertz CT molecular complexity index is 798. The first-order chi connectivity index (χ1) is 10.2. The van der Waals surface area contributed by atoms with Crippen LogP contribution in [0.5, 0.6) is 0 Å². The molecule has 2 aromatic carbocycles. The average Bonchev–Trinajstić information content (AvgIpc) is 2.50. The molecule has 0 amide bonds. The number of hydrazine groups is 1. The van der Waals surface area contributed by atoms with Gasteiger partial charge in [0.2, 0.25) is 5.95 Å². The van der Waals surface area contributed by atoms with Crippen molar-refractivity contribution in [1.29, 1.82) is 0 Å². The van der Waals surface area contributed by atoms with E-state index < -0.39 is 0 Å². The Morgan fingerprint density at radius 3 is 2.62 bits per heavy atom. The van der Waals surface area contributed by atoms with Crippen molar-refractivity contribution in [2.45, 2.75) is 13.8 Å². The van der Waals surface area contributed by atoms with Crippen LogP contribution in [-0.4, -0.2) is 9.97 Å². The van der Waals surface area contributed by atoms with Crippen LogP contribution in [0.3, 0.4) is 0 Å². The lowest BCUT2D eigenvalue weighted by Gasteiger charge is -2.13. The Morgan fingerprint density at radius 2 is 1.81 bits per heavy atom. The Balaban J connectivity index is 2.13. The van der Waals surface area contributed by atoms with E-state index in [0.717, 1.165) is 28.0 Å². The number of nitrogens with one attached hydrogen (secondary N) is 2. The largest absolute Gasteiger partial charge is 0.339 e. The van der Waals surface area contributed by atoms with Crippen molar-refractivity contribution < 1.29 is 0 Å². The van der Waals surface area contributed by atoms with E-state index in [-0.39, 0.29) is 0 Å². The van der Waals surface area contributed by atoms with Crippen LogP contribution < -0.4 is 16.6 Å². The third-order valence-corrected chi connectivity index (χ3v) is 3.38. The highest BCUT2D eigenvalue weighted by molar-refractivity contribution is 5.91. The van der Waals surface area contributed by atoms with Crippen LogP contribution in [0.2, 0.25) is 0 Å². The number of fused-ring (bicyclic) bond motifs is 1. The van der Waals surface area contributed by atoms with Gasteiger partial charge in [0.25, 0.3) is 0 Å². The molecular weight excluding hydrogens is 262 g/mol. The number of para-hydroxylation sites is 1. The normalized spacial score (nSPS) is 10.6. The van der Waals surface area contributed by atoms with Crippen molar-refractivity contribution in [3.05, 3.63) is 53.6 Å². The van der Waals surface area contributed by atoms with Gasteiger partial charge in [-0.05, 0) is 43.2 Å². The fourth-order valence-electron chi connectivity index (χ4n) is 2.23. The summed E-state index contributed by atoms with van der Waals surface area (Å²) in [5, 5.41) is 4.34. The zero-order valence-electron chi connectivity index (χ0n) is 12.0. The molecule has 0 atom stereocenters. The molecule has 1 heterocycles. The first kappa shape index (κ1) is 13.3. The Kier molecular flexibility index (Phi) is 3.41. The molecule has 0 bridgehead atoms. The van der Waals surface area contributed by atoms with Gasteiger partial charge in [-0.2, -0.15) is 4.98 Å². The molecule has 0 aliphatic heterocycles. The molecule has 3 rings (SSSR count). The SMILES string of the molecule is Cc1ccc(C)c(Nc2nc(NN)nc3ccccc23)c1. The van der Waals surface area contributed by atoms with E-state index in [9.17, 15) is 0 Å². The van der Waals surface area contributed by atoms with Crippen LogP contribution in [-0.2, 0) is 0 Å². The number of hydrogen-bond acceptors (Lipinski definition) is 5. The lowest BCUT2D eigenvalue weighted by molar-refractivity contribution is 1.15. The van der Waals surface area contributed by atoms with Crippen molar-refractivity contribution in [2.24, 2.45) is 5.84 Å². The van der Waals surface area contributed by atoms with Crippen LogP contribution in [0.25, 0.3) is 10.9 Å². The predicted octanol–water partition coefficient (Wildman–Crippen LogP) is 3.28. The fraction of sp³-hybridized carbons (Fsp3) is 0.125. The summed E-state index contributed by atoms with van der Waals surface area (Å²) in [5.74, 6) is 6.58. The molecule has 5 heteroatoms. The monoisotopic (exact) mass is 279 g/mol. The quantitative estimate of drug-likeness (QED) is 0.506. The minimum absolute atomic E-state index is 0.390. The highest BCUT2D eigenvalue weighted by Gasteiger charge is 2.08. The number of aromatic nitrogens is 2. The Hall–Kier alpha value is -2.66. The molecule has 0 aliphatic carbocycles. The Morgan fingerprint density at radius 1 is 1.00 bits per heavy atom. The van der Waals surface area contributed by atoms with Crippen molar-refractivity contribution in [1.82, 2.24) is 9.97 Å². The van der Waals surface area contributed by atoms with Gasteiger partial charge in [0.1, 0.15) is 5.82 Å². The van der Waals surface area contributed by atoms with E-state index in [2.05, 4.69) is 52.8 Å². The molecule has 106 valence electrons. The van der Waals surface area contributed by atoms with Gasteiger partial charge in [-0.3, -0.25) is 5.43 Å². The zero-order valence-corrected chi connectivity index (χ0v) is 12.0. The van der Waals surface area contributed by atoms with Gasteiger partial charge in [0.15, 0.2) is 0 Å². The first-order valence-corrected chi connectivity index (χ1v) is 6.75. The summed E-state index contributed by atoms with van der Waals surface area (Å²) in [7, 11) is 0. The third-order valence-electron chi connectivity index (χ3n) is 3.38. The second-order valence-corrected chi connectivity index (χ2v) is 5.00. The molecule has 0 saturated heterocycles. The number of benzene rings is 2. The maximum Gasteiger partial charge on any atom is 0.239 e. The lowest BCUT2D eigenvalue weighted by Crippen LogP contribution is -2.11. The molecule has 0 unspecified atom stereocenters. The smallest absolute Gasteiger partial charge is 0.239 e. The summed E-state index contributed by atoms with van der Waals surface area (Å²) >= 11 is 0. The standard InChI is InChI=1S/C16H17N5/c1-10-7-8-11(2)14(9-10)18-15-12-5-3-4-6-13(12)19-16(20-15)21-17/h3-9H,17H2,1-2H3,(H2,18,19,20,21). The second kappa shape index (κ2) is 5.38. The molecule has 0 spiro atoms. The fourth-order valence-corrected chi connectivity index (χ4v) is 2.23. The molecule has 1 aromatic heterocycles. The van der Waals surface area contributed by atoms with E-state index in [1.165, 1.54) is 5.56 Å². The third kappa shape index (κ3) is 2.64. The summed E-state index contributed by atoms with van der Waals surface area (Å²) in [6.07, 6.45) is 0. The summed E-state index contributed by atoms with van der Waals surface area (Å²) in [6.45, 7) is 4.13. The molecule has 0 radical (unpaired) electrons. The molecular formula is C16H17N5. The molecule has 0 aliphatic rings. The van der Waals surface area contributed by atoms with Crippen molar-refractivity contribution in [3.63, 3.8) is 0 Å². The van der Waals surface area contributed by atoms with E-state index in [1.807, 2.05) is 24.3 Å².